The van der Waals surface area contributed by atoms with Gasteiger partial charge in [0.1, 0.15) is 11.7 Å². The minimum absolute atomic E-state index is 0.0500. The lowest BCUT2D eigenvalue weighted by Gasteiger charge is -2.43. The van der Waals surface area contributed by atoms with E-state index in [9.17, 15) is 9.59 Å². The molecular weight excluding hydrogens is 412 g/mol. The van der Waals surface area contributed by atoms with Gasteiger partial charge in [-0.15, -0.1) is 4.98 Å². The second-order valence-electron chi connectivity index (χ2n) is 8.00. The van der Waals surface area contributed by atoms with Crippen LogP contribution in [0.2, 0.25) is 0 Å². The SMILES string of the molecule is [C-]#[N+]c1ncc(N2C(=O)C3(CCC3)N(c3ccc(CCCC(=O)O)cc3)C2=S)cc1C. The van der Waals surface area contributed by atoms with Gasteiger partial charge in [-0.05, 0) is 80.6 Å². The number of pyridine rings is 1. The highest BCUT2D eigenvalue weighted by molar-refractivity contribution is 7.81. The molecule has 7 nitrogen and oxygen atoms in total. The number of carboxylic acid groups (broad SMARTS) is 1. The number of aryl methyl sites for hydroxylation is 2. The molecule has 4 rings (SSSR count). The molecule has 1 saturated carbocycles. The van der Waals surface area contributed by atoms with Gasteiger partial charge in [0.2, 0.25) is 0 Å². The number of benzene rings is 1. The number of hydrogen-bond donors (Lipinski definition) is 1. The highest BCUT2D eigenvalue weighted by atomic mass is 32.1. The molecule has 1 N–H and O–H groups in total. The number of thiocarbonyl (C=S) groups is 1. The first kappa shape index (κ1) is 20.9. The number of amides is 1. The third-order valence-corrected chi connectivity index (χ3v) is 6.41. The van der Waals surface area contributed by atoms with E-state index < -0.39 is 11.5 Å². The van der Waals surface area contributed by atoms with Crippen molar-refractivity contribution >= 4 is 46.4 Å². The van der Waals surface area contributed by atoms with Gasteiger partial charge in [0.25, 0.3) is 11.7 Å². The van der Waals surface area contributed by atoms with Gasteiger partial charge < -0.3 is 14.9 Å². The monoisotopic (exact) mass is 434 g/mol. The van der Waals surface area contributed by atoms with E-state index in [0.29, 0.717) is 35.0 Å². The smallest absolute Gasteiger partial charge is 0.303 e. The number of hydrogen-bond acceptors (Lipinski definition) is 4. The van der Waals surface area contributed by atoms with Gasteiger partial charge in [0.05, 0.1) is 5.69 Å². The molecule has 2 fully saturated rings. The van der Waals surface area contributed by atoms with E-state index in [1.54, 1.807) is 17.9 Å². The number of carboxylic acids is 1. The van der Waals surface area contributed by atoms with Crippen molar-refractivity contribution in [2.75, 3.05) is 9.80 Å². The standard InChI is InChI=1S/C23H22N4O3S/c1-15-13-18(14-25-20(15)24-2)26-21(30)23(11-4-12-23)27(22(26)31)17-9-7-16(8-10-17)5-3-6-19(28)29/h7-10,13-14H,3-6,11-12H2,1H3,(H,28,29). The molecule has 0 atom stereocenters. The van der Waals surface area contributed by atoms with E-state index in [-0.39, 0.29) is 12.3 Å². The second-order valence-corrected chi connectivity index (χ2v) is 8.37. The molecular formula is C23H22N4O3S. The summed E-state index contributed by atoms with van der Waals surface area (Å²) in [5.41, 5.74) is 2.52. The normalized spacial score (nSPS) is 17.0. The molecule has 2 heterocycles. The fraction of sp³-hybridized carbons (Fsp3) is 0.348. The van der Waals surface area contributed by atoms with Crippen molar-refractivity contribution in [1.82, 2.24) is 4.98 Å². The molecule has 8 heteroatoms. The summed E-state index contributed by atoms with van der Waals surface area (Å²) in [4.78, 5) is 35.3. The summed E-state index contributed by atoms with van der Waals surface area (Å²) >= 11 is 5.77. The molecule has 1 aromatic heterocycles. The Morgan fingerprint density at radius 2 is 2.00 bits per heavy atom. The van der Waals surface area contributed by atoms with Crippen LogP contribution in [0.4, 0.5) is 17.2 Å². The van der Waals surface area contributed by atoms with Crippen LogP contribution in [0, 0.1) is 13.5 Å². The second kappa shape index (κ2) is 8.08. The minimum atomic E-state index is -0.793. The third-order valence-electron chi connectivity index (χ3n) is 6.04. The number of carbonyl (C=O) groups excluding carboxylic acids is 1. The molecule has 2 aliphatic rings. The molecule has 1 saturated heterocycles. The largest absolute Gasteiger partial charge is 0.481 e. The average Bonchev–Trinajstić information content (AvgIpc) is 2.95. The summed E-state index contributed by atoms with van der Waals surface area (Å²) in [5, 5.41) is 9.23. The number of anilines is 2. The van der Waals surface area contributed by atoms with Gasteiger partial charge in [-0.2, -0.15) is 0 Å². The van der Waals surface area contributed by atoms with Gasteiger partial charge >= 0.3 is 5.97 Å². The van der Waals surface area contributed by atoms with Crippen molar-refractivity contribution in [2.45, 2.75) is 51.0 Å². The van der Waals surface area contributed by atoms with Crippen molar-refractivity contribution in [2.24, 2.45) is 0 Å². The Bertz CT molecular complexity index is 1100. The van der Waals surface area contributed by atoms with E-state index in [4.69, 9.17) is 23.9 Å². The van der Waals surface area contributed by atoms with Crippen molar-refractivity contribution in [3.8, 4) is 0 Å². The number of rotatable bonds is 6. The maximum Gasteiger partial charge on any atom is 0.303 e. The maximum atomic E-state index is 13.5. The van der Waals surface area contributed by atoms with E-state index in [2.05, 4.69) is 9.83 Å². The molecule has 158 valence electrons. The Morgan fingerprint density at radius 3 is 2.55 bits per heavy atom. The zero-order chi connectivity index (χ0) is 22.2. The fourth-order valence-electron chi connectivity index (χ4n) is 4.26. The van der Waals surface area contributed by atoms with Gasteiger partial charge in [-0.25, -0.2) is 0 Å². The van der Waals surface area contributed by atoms with E-state index in [1.165, 1.54) is 6.20 Å². The summed E-state index contributed by atoms with van der Waals surface area (Å²) in [6.45, 7) is 8.99. The summed E-state index contributed by atoms with van der Waals surface area (Å²) in [6.07, 6.45) is 5.37. The summed E-state index contributed by atoms with van der Waals surface area (Å²) in [6, 6.07) is 9.62. The minimum Gasteiger partial charge on any atom is -0.481 e. The number of aliphatic carboxylic acids is 1. The lowest BCUT2D eigenvalue weighted by atomic mass is 9.75. The Labute approximate surface area is 186 Å². The van der Waals surface area contributed by atoms with E-state index in [0.717, 1.165) is 30.5 Å². The average molecular weight is 435 g/mol. The molecule has 1 aliphatic heterocycles. The molecule has 1 aromatic carbocycles. The highest BCUT2D eigenvalue weighted by Crippen LogP contribution is 2.47. The third kappa shape index (κ3) is 3.55. The quantitative estimate of drug-likeness (QED) is 0.536. The van der Waals surface area contributed by atoms with Gasteiger partial charge in [-0.3, -0.25) is 14.5 Å². The predicted octanol–water partition coefficient (Wildman–Crippen LogP) is 4.41. The zero-order valence-corrected chi connectivity index (χ0v) is 18.0. The van der Waals surface area contributed by atoms with Crippen LogP contribution >= 0.6 is 12.2 Å². The highest BCUT2D eigenvalue weighted by Gasteiger charge is 2.59. The topological polar surface area (TPSA) is 78.1 Å². The molecule has 1 amide bonds. The van der Waals surface area contributed by atoms with Crippen LogP contribution in [0.25, 0.3) is 4.85 Å². The first-order valence-corrected chi connectivity index (χ1v) is 10.6. The first-order valence-electron chi connectivity index (χ1n) is 10.2. The Kier molecular flexibility index (Phi) is 5.46. The predicted molar refractivity (Wildman–Crippen MR) is 121 cm³/mol. The van der Waals surface area contributed by atoms with Crippen LogP contribution < -0.4 is 9.80 Å². The van der Waals surface area contributed by atoms with E-state index >= 15 is 0 Å². The van der Waals surface area contributed by atoms with Crippen LogP contribution in [0.5, 0.6) is 0 Å². The van der Waals surface area contributed by atoms with E-state index in [1.807, 2.05) is 29.2 Å². The van der Waals surface area contributed by atoms with Crippen molar-refractivity contribution in [3.63, 3.8) is 0 Å². The van der Waals surface area contributed by atoms with Crippen LogP contribution in [-0.4, -0.2) is 32.6 Å². The lowest BCUT2D eigenvalue weighted by molar-refractivity contribution is -0.137. The summed E-state index contributed by atoms with van der Waals surface area (Å²) in [7, 11) is 0. The Hall–Kier alpha value is -3.31. The van der Waals surface area contributed by atoms with Crippen LogP contribution in [-0.2, 0) is 16.0 Å². The van der Waals surface area contributed by atoms with Crippen molar-refractivity contribution < 1.29 is 14.7 Å². The Morgan fingerprint density at radius 1 is 1.29 bits per heavy atom. The van der Waals surface area contributed by atoms with Gasteiger partial charge in [-0.1, -0.05) is 18.7 Å². The maximum absolute atomic E-state index is 13.5. The summed E-state index contributed by atoms with van der Waals surface area (Å²) < 4.78 is 0. The molecule has 1 aliphatic carbocycles. The molecule has 1 spiro atoms. The molecule has 0 radical (unpaired) electrons. The lowest BCUT2D eigenvalue weighted by Crippen LogP contribution is -2.55. The zero-order valence-electron chi connectivity index (χ0n) is 17.2. The number of carbonyl (C=O) groups is 2. The number of aromatic nitrogens is 1. The van der Waals surface area contributed by atoms with Gasteiger partial charge in [0.15, 0.2) is 5.11 Å². The molecule has 2 aromatic rings. The first-order chi connectivity index (χ1) is 14.9. The van der Waals surface area contributed by atoms with Crippen molar-refractivity contribution in [1.29, 1.82) is 0 Å². The van der Waals surface area contributed by atoms with Gasteiger partial charge in [0, 0.05) is 12.1 Å². The number of nitrogens with zero attached hydrogens (tertiary/aromatic N) is 4. The molecule has 31 heavy (non-hydrogen) atoms. The molecule has 0 bridgehead atoms. The Balaban J connectivity index is 1.63. The van der Waals surface area contributed by atoms with Crippen LogP contribution in [0.3, 0.4) is 0 Å². The molecule has 0 unspecified atom stereocenters. The van der Waals surface area contributed by atoms with Crippen LogP contribution in [0.1, 0.15) is 43.2 Å². The fourth-order valence-corrected chi connectivity index (χ4v) is 4.72. The van der Waals surface area contributed by atoms with Crippen LogP contribution in [0.15, 0.2) is 36.5 Å². The van der Waals surface area contributed by atoms with Crippen molar-refractivity contribution in [3.05, 3.63) is 59.1 Å². The summed E-state index contributed by atoms with van der Waals surface area (Å²) in [5.74, 6) is -0.528.